The minimum Gasteiger partial charge on any atom is -0.486 e. The van der Waals surface area contributed by atoms with Gasteiger partial charge in [-0.05, 0) is 129 Å². The molecule has 0 atom stereocenters. The van der Waals surface area contributed by atoms with Crippen molar-refractivity contribution in [3.8, 4) is 46.0 Å². The van der Waals surface area contributed by atoms with E-state index in [1.165, 1.54) is 22.6 Å². The van der Waals surface area contributed by atoms with Crippen LogP contribution in [-0.2, 0) is 12.8 Å². The second kappa shape index (κ2) is 22.1. The van der Waals surface area contributed by atoms with Crippen molar-refractivity contribution in [2.45, 2.75) is 25.7 Å². The Kier molecular flexibility index (Phi) is 14.5. The molecule has 4 aliphatic rings. The van der Waals surface area contributed by atoms with E-state index in [0.29, 0.717) is 49.4 Å². The lowest BCUT2D eigenvalue weighted by atomic mass is 10.1. The van der Waals surface area contributed by atoms with Crippen molar-refractivity contribution in [3.63, 3.8) is 0 Å². The Hall–Kier alpha value is -7.06. The number of benzene rings is 6. The van der Waals surface area contributed by atoms with E-state index in [1.54, 1.807) is 6.07 Å². The van der Waals surface area contributed by atoms with Crippen LogP contribution in [0, 0.1) is 5.82 Å². The highest BCUT2D eigenvalue weighted by molar-refractivity contribution is 6.31. The molecule has 14 heteroatoms. The predicted molar refractivity (Wildman–Crippen MR) is 283 cm³/mol. The lowest BCUT2D eigenvalue weighted by molar-refractivity contribution is 0.166. The lowest BCUT2D eigenvalue weighted by Crippen LogP contribution is -2.46. The normalized spacial score (nSPS) is 15.9. The number of fused-ring (bicyclic) bond motifs is 4. The van der Waals surface area contributed by atoms with E-state index in [4.69, 9.17) is 40.0 Å². The third-order valence-electron chi connectivity index (χ3n) is 14.0. The summed E-state index contributed by atoms with van der Waals surface area (Å²) in [5, 5.41) is 3.04. The van der Waals surface area contributed by atoms with Gasteiger partial charge in [0.1, 0.15) is 32.2 Å². The Morgan fingerprint density at radius 2 is 0.986 bits per heavy atom. The maximum atomic E-state index is 13.7. The summed E-state index contributed by atoms with van der Waals surface area (Å²) >= 11 is 6.12. The number of hydrogen-bond acceptors (Lipinski definition) is 10. The van der Waals surface area contributed by atoms with E-state index in [2.05, 4.69) is 66.1 Å². The van der Waals surface area contributed by atoms with Gasteiger partial charge in [0.25, 0.3) is 0 Å². The fourth-order valence-electron chi connectivity index (χ4n) is 10.2. The number of anilines is 2. The van der Waals surface area contributed by atoms with Gasteiger partial charge in [-0.25, -0.2) is 4.39 Å². The number of aromatic amines is 2. The van der Waals surface area contributed by atoms with Crippen molar-refractivity contribution in [2.24, 2.45) is 0 Å². The molecule has 6 aromatic carbocycles. The molecule has 6 heterocycles. The molecule has 12 nitrogen and oxygen atoms in total. The number of nitrogens with one attached hydrogen (secondary N) is 2. The van der Waals surface area contributed by atoms with Crippen molar-refractivity contribution in [1.29, 1.82) is 0 Å². The number of hydrogen-bond donors (Lipinski definition) is 2. The topological polar surface area (TPSA) is 99.9 Å². The second-order valence-electron chi connectivity index (χ2n) is 18.6. The van der Waals surface area contributed by atoms with Crippen LogP contribution in [0.25, 0.3) is 21.8 Å². The first-order valence-electron chi connectivity index (χ1n) is 25.3. The molecule has 12 rings (SSSR count). The lowest BCUT2D eigenvalue weighted by Gasteiger charge is -2.36. The number of halogens is 2. The molecule has 0 aliphatic carbocycles. The van der Waals surface area contributed by atoms with Crippen LogP contribution in [0.5, 0.6) is 46.0 Å². The molecule has 2 saturated heterocycles. The first kappa shape index (κ1) is 47.3. The zero-order valence-electron chi connectivity index (χ0n) is 40.4. The first-order valence-corrected chi connectivity index (χ1v) is 25.6. The molecule has 72 heavy (non-hydrogen) atoms. The largest absolute Gasteiger partial charge is 0.486 e. The Morgan fingerprint density at radius 1 is 0.486 bits per heavy atom. The molecule has 0 spiro atoms. The predicted octanol–water partition coefficient (Wildman–Crippen LogP) is 11.8. The van der Waals surface area contributed by atoms with Gasteiger partial charge in [-0.3, -0.25) is 9.80 Å². The van der Waals surface area contributed by atoms with E-state index in [1.807, 2.05) is 85.1 Å². The van der Waals surface area contributed by atoms with Gasteiger partial charge in [-0.1, -0.05) is 54.1 Å². The van der Waals surface area contributed by atoms with E-state index < -0.39 is 0 Å². The summed E-state index contributed by atoms with van der Waals surface area (Å²) < 4.78 is 49.5. The van der Waals surface area contributed by atoms with Gasteiger partial charge in [0, 0.05) is 91.6 Å². The molecule has 0 amide bonds. The van der Waals surface area contributed by atoms with Crippen LogP contribution < -0.4 is 38.2 Å². The minimum absolute atomic E-state index is 0.184. The van der Waals surface area contributed by atoms with Crippen LogP contribution in [0.3, 0.4) is 0 Å². The van der Waals surface area contributed by atoms with Gasteiger partial charge in [0.15, 0.2) is 34.5 Å². The van der Waals surface area contributed by atoms with Crippen LogP contribution in [-0.4, -0.2) is 112 Å². The average molecular weight is 992 g/mol. The molecule has 372 valence electrons. The van der Waals surface area contributed by atoms with E-state index in [-0.39, 0.29) is 5.82 Å². The monoisotopic (exact) mass is 990 g/mol. The fourth-order valence-corrected chi connectivity index (χ4v) is 10.4. The van der Waals surface area contributed by atoms with Crippen LogP contribution in [0.1, 0.15) is 24.0 Å². The molecule has 2 fully saturated rings. The number of rotatable bonds is 14. The van der Waals surface area contributed by atoms with E-state index in [0.717, 1.165) is 147 Å². The highest BCUT2D eigenvalue weighted by Crippen LogP contribution is 2.45. The van der Waals surface area contributed by atoms with Crippen LogP contribution in [0.2, 0.25) is 5.02 Å². The van der Waals surface area contributed by atoms with Crippen molar-refractivity contribution >= 4 is 44.8 Å². The number of nitrogens with zero attached hydrogens (tertiary/aromatic N) is 4. The standard InChI is InChI=1S/C29H30ClN3O3.C29H30FN3O3/c30-22-10-11-23-21(20-31-24(23)19-22)5-4-12-32-13-15-33(16-14-32)25-6-1-2-7-26(25)36-28-9-3-8-27-29(28)35-18-17-34-27;30-22-10-11-24-23(19-22)21(20-31-24)5-4-12-32-13-15-33(16-14-32)25-6-1-2-7-26(25)36-28-9-3-8-27-29(28)35-18-17-34-27/h2*1-3,6-11,19-20,31H,4-5,12-18H2. The summed E-state index contributed by atoms with van der Waals surface area (Å²) in [5.41, 5.74) is 6.87. The zero-order chi connectivity index (χ0) is 48.6. The number of piperazine rings is 2. The highest BCUT2D eigenvalue weighted by atomic mass is 35.5. The number of aromatic nitrogens is 2. The quantitative estimate of drug-likeness (QED) is 0.110. The summed E-state index contributed by atoms with van der Waals surface area (Å²) in [5.74, 6) is 5.66. The van der Waals surface area contributed by atoms with Gasteiger partial charge < -0.3 is 48.2 Å². The Labute approximate surface area is 424 Å². The third-order valence-corrected chi connectivity index (χ3v) is 14.2. The molecule has 0 unspecified atom stereocenters. The first-order chi connectivity index (χ1) is 35.5. The average Bonchev–Trinajstić information content (AvgIpc) is 4.02. The molecule has 4 aliphatic heterocycles. The maximum Gasteiger partial charge on any atom is 0.204 e. The van der Waals surface area contributed by atoms with Gasteiger partial charge >= 0.3 is 0 Å². The minimum atomic E-state index is -0.184. The summed E-state index contributed by atoms with van der Waals surface area (Å²) in [7, 11) is 0. The summed E-state index contributed by atoms with van der Waals surface area (Å²) in [6.07, 6.45) is 8.32. The molecule has 0 saturated carbocycles. The van der Waals surface area contributed by atoms with Crippen molar-refractivity contribution in [1.82, 2.24) is 19.8 Å². The van der Waals surface area contributed by atoms with Crippen molar-refractivity contribution < 1.29 is 32.8 Å². The highest BCUT2D eigenvalue weighted by Gasteiger charge is 2.25. The summed E-state index contributed by atoms with van der Waals surface area (Å²) in [6.45, 7) is 12.2. The van der Waals surface area contributed by atoms with Gasteiger partial charge in [-0.15, -0.1) is 0 Å². The molecule has 8 aromatic rings. The Bertz CT molecular complexity index is 3110. The van der Waals surface area contributed by atoms with Gasteiger partial charge in [0.05, 0.1) is 11.4 Å². The maximum absolute atomic E-state index is 13.7. The molecule has 0 bridgehead atoms. The molecule has 2 aromatic heterocycles. The summed E-state index contributed by atoms with van der Waals surface area (Å²) in [4.78, 5) is 16.5. The summed E-state index contributed by atoms with van der Waals surface area (Å²) in [6, 6.07) is 39.0. The van der Waals surface area contributed by atoms with Gasteiger partial charge in [-0.2, -0.15) is 0 Å². The third kappa shape index (κ3) is 10.9. The fraction of sp³-hybridized carbons (Fsp3) is 0.310. The van der Waals surface area contributed by atoms with E-state index >= 15 is 0 Å². The second-order valence-corrected chi connectivity index (χ2v) is 19.0. The Morgan fingerprint density at radius 3 is 1.56 bits per heavy atom. The van der Waals surface area contributed by atoms with Crippen LogP contribution in [0.4, 0.5) is 15.8 Å². The molecule has 0 radical (unpaired) electrons. The van der Waals surface area contributed by atoms with Gasteiger partial charge in [0.2, 0.25) is 11.5 Å². The van der Waals surface area contributed by atoms with Crippen molar-refractivity contribution in [2.75, 3.05) is 102 Å². The number of H-pyrrole nitrogens is 2. The zero-order valence-corrected chi connectivity index (χ0v) is 41.2. The van der Waals surface area contributed by atoms with Crippen molar-refractivity contribution in [3.05, 3.63) is 156 Å². The SMILES string of the molecule is Clc1ccc2c(CCCN3CCN(c4ccccc4Oc4cccc5c4OCCO5)CC3)c[nH]c2c1.Fc1ccc2[nH]cc(CCCN3CCN(c4ccccc4Oc4cccc5c4OCCO5)CC3)c2c1. The Balaban J connectivity index is 0.000000156. The molecular weight excluding hydrogens is 931 g/mol. The number of para-hydroxylation sites is 6. The smallest absolute Gasteiger partial charge is 0.204 e. The molecular formula is C58H60ClFN6O6. The number of ether oxygens (including phenoxy) is 6. The number of aryl methyl sites for hydroxylation is 2. The van der Waals surface area contributed by atoms with E-state index in [9.17, 15) is 4.39 Å². The molecule has 2 N–H and O–H groups in total. The van der Waals surface area contributed by atoms with Crippen LogP contribution in [0.15, 0.2) is 134 Å². The van der Waals surface area contributed by atoms with Crippen LogP contribution >= 0.6 is 11.6 Å².